The molecule has 16 heavy (non-hydrogen) atoms. The molecule has 0 radical (unpaired) electrons. The number of anilines is 1. The minimum atomic E-state index is -3.66. The van der Waals surface area contributed by atoms with E-state index in [1.807, 2.05) is 0 Å². The van der Waals surface area contributed by atoms with Gasteiger partial charge in [-0.15, -0.1) is 0 Å². The van der Waals surface area contributed by atoms with Crippen molar-refractivity contribution in [3.8, 4) is 0 Å². The molecule has 7 heteroatoms. The Morgan fingerprint density at radius 2 is 2.00 bits per heavy atom. The molecule has 1 rings (SSSR count). The van der Waals surface area contributed by atoms with E-state index < -0.39 is 15.7 Å². The van der Waals surface area contributed by atoms with Crippen molar-refractivity contribution in [2.45, 2.75) is 26.3 Å². The Bertz CT molecular complexity index is 468. The molecular weight excluding hydrogens is 250 g/mol. The maximum absolute atomic E-state index is 11.6. The van der Waals surface area contributed by atoms with E-state index in [0.717, 1.165) is 0 Å². The maximum Gasteiger partial charge on any atom is 0.300 e. The lowest BCUT2D eigenvalue weighted by Gasteiger charge is -2.20. The van der Waals surface area contributed by atoms with E-state index in [4.69, 9.17) is 11.6 Å². The number of nitrogens with zero attached hydrogens (tertiary/aromatic N) is 1. The fraction of sp³-hybridized carbons (Fsp3) is 0.444. The number of halogens is 1. The Morgan fingerprint density at radius 1 is 1.38 bits per heavy atom. The van der Waals surface area contributed by atoms with Gasteiger partial charge in [-0.3, -0.25) is 4.72 Å². The van der Waals surface area contributed by atoms with Crippen LogP contribution < -0.4 is 9.44 Å². The van der Waals surface area contributed by atoms with Gasteiger partial charge in [-0.2, -0.15) is 13.1 Å². The first kappa shape index (κ1) is 13.2. The zero-order chi connectivity index (χ0) is 12.4. The van der Waals surface area contributed by atoms with Gasteiger partial charge in [0, 0.05) is 11.7 Å². The van der Waals surface area contributed by atoms with E-state index in [9.17, 15) is 8.42 Å². The summed E-state index contributed by atoms with van der Waals surface area (Å²) in [7, 11) is -3.66. The molecule has 0 spiro atoms. The minimum Gasteiger partial charge on any atom is -0.253 e. The third kappa shape index (κ3) is 4.34. The molecule has 0 fully saturated rings. The van der Waals surface area contributed by atoms with Gasteiger partial charge in [-0.05, 0) is 32.9 Å². The van der Waals surface area contributed by atoms with E-state index >= 15 is 0 Å². The molecule has 5 nitrogen and oxygen atoms in total. The van der Waals surface area contributed by atoms with Crippen LogP contribution in [0.15, 0.2) is 18.3 Å². The summed E-state index contributed by atoms with van der Waals surface area (Å²) in [5.41, 5.74) is -0.562. The first-order chi connectivity index (χ1) is 7.20. The van der Waals surface area contributed by atoms with Gasteiger partial charge in [0.2, 0.25) is 0 Å². The van der Waals surface area contributed by atoms with Crippen molar-refractivity contribution < 1.29 is 8.42 Å². The molecule has 0 aliphatic carbocycles. The lowest BCUT2D eigenvalue weighted by molar-refractivity contribution is 0.494. The van der Waals surface area contributed by atoms with Crippen LogP contribution in [0.2, 0.25) is 5.02 Å². The Morgan fingerprint density at radius 3 is 2.50 bits per heavy atom. The summed E-state index contributed by atoms with van der Waals surface area (Å²) in [4.78, 5) is 3.83. The number of pyridine rings is 1. The largest absolute Gasteiger partial charge is 0.300 e. The van der Waals surface area contributed by atoms with Crippen molar-refractivity contribution in [1.82, 2.24) is 9.71 Å². The summed E-state index contributed by atoms with van der Waals surface area (Å²) < 4.78 is 28.0. The first-order valence-corrected chi connectivity index (χ1v) is 6.48. The number of rotatable bonds is 3. The minimum absolute atomic E-state index is 0.112. The van der Waals surface area contributed by atoms with Crippen LogP contribution in [0.3, 0.4) is 0 Å². The Balaban J connectivity index is 2.86. The summed E-state index contributed by atoms with van der Waals surface area (Å²) >= 11 is 5.78. The maximum atomic E-state index is 11.6. The average Bonchev–Trinajstić information content (AvgIpc) is 2.04. The molecule has 0 saturated carbocycles. The summed E-state index contributed by atoms with van der Waals surface area (Å²) in [6.45, 7) is 5.23. The number of nitrogens with one attached hydrogen (secondary N) is 2. The highest BCUT2D eigenvalue weighted by Gasteiger charge is 2.20. The summed E-state index contributed by atoms with van der Waals surface area (Å²) in [6.07, 6.45) is 1.46. The molecule has 0 unspecified atom stereocenters. The summed E-state index contributed by atoms with van der Waals surface area (Å²) in [5.74, 6) is 0.112. The number of hydrogen-bond acceptors (Lipinski definition) is 3. The zero-order valence-electron chi connectivity index (χ0n) is 9.28. The van der Waals surface area contributed by atoms with Crippen LogP contribution in [0.5, 0.6) is 0 Å². The normalized spacial score (nSPS) is 12.5. The smallest absolute Gasteiger partial charge is 0.253 e. The molecule has 0 amide bonds. The van der Waals surface area contributed by atoms with Crippen LogP contribution in [0.1, 0.15) is 20.8 Å². The van der Waals surface area contributed by atoms with Gasteiger partial charge in [0.15, 0.2) is 5.82 Å². The topological polar surface area (TPSA) is 71.1 Å². The highest BCUT2D eigenvalue weighted by atomic mass is 35.5. The van der Waals surface area contributed by atoms with Gasteiger partial charge < -0.3 is 0 Å². The van der Waals surface area contributed by atoms with Crippen molar-refractivity contribution in [2.75, 3.05) is 4.72 Å². The van der Waals surface area contributed by atoms with Crippen LogP contribution in [-0.4, -0.2) is 18.9 Å². The van der Waals surface area contributed by atoms with Gasteiger partial charge in [-0.25, -0.2) is 4.98 Å². The Kier molecular flexibility index (Phi) is 3.77. The third-order valence-electron chi connectivity index (χ3n) is 1.43. The van der Waals surface area contributed by atoms with E-state index in [1.54, 1.807) is 32.9 Å². The van der Waals surface area contributed by atoms with Gasteiger partial charge in [0.1, 0.15) is 0 Å². The molecule has 1 aromatic heterocycles. The summed E-state index contributed by atoms with van der Waals surface area (Å²) in [6, 6.07) is 3.18. The Labute approximate surface area is 100 Å². The van der Waals surface area contributed by atoms with E-state index in [2.05, 4.69) is 14.4 Å². The van der Waals surface area contributed by atoms with Gasteiger partial charge in [0.25, 0.3) is 0 Å². The van der Waals surface area contributed by atoms with Crippen LogP contribution in [-0.2, 0) is 10.2 Å². The Hall–Kier alpha value is -0.850. The van der Waals surface area contributed by atoms with Crippen molar-refractivity contribution >= 4 is 27.6 Å². The van der Waals surface area contributed by atoms with E-state index in [1.165, 1.54) is 6.20 Å². The predicted octanol–water partition coefficient (Wildman–Crippen LogP) is 1.78. The molecular formula is C9H14ClN3O2S. The van der Waals surface area contributed by atoms with Crippen molar-refractivity contribution in [3.63, 3.8) is 0 Å². The molecule has 90 valence electrons. The zero-order valence-corrected chi connectivity index (χ0v) is 10.9. The lowest BCUT2D eigenvalue weighted by atomic mass is 10.1. The quantitative estimate of drug-likeness (QED) is 0.873. The SMILES string of the molecule is CC(C)(C)NS(=O)(=O)Nc1ncccc1Cl. The number of hydrogen-bond donors (Lipinski definition) is 2. The molecule has 0 aliphatic heterocycles. The predicted molar refractivity (Wildman–Crippen MR) is 64.7 cm³/mol. The second-order valence-electron chi connectivity index (χ2n) is 4.29. The van der Waals surface area contributed by atoms with Crippen LogP contribution in [0.4, 0.5) is 5.82 Å². The molecule has 1 aromatic rings. The van der Waals surface area contributed by atoms with Gasteiger partial charge in [-0.1, -0.05) is 11.6 Å². The highest BCUT2D eigenvalue weighted by molar-refractivity contribution is 7.90. The molecule has 0 saturated heterocycles. The molecule has 0 aromatic carbocycles. The van der Waals surface area contributed by atoms with Crippen LogP contribution in [0, 0.1) is 0 Å². The monoisotopic (exact) mass is 263 g/mol. The fourth-order valence-electron chi connectivity index (χ4n) is 1.02. The lowest BCUT2D eigenvalue weighted by Crippen LogP contribution is -2.43. The average molecular weight is 264 g/mol. The molecule has 0 atom stereocenters. The molecule has 0 aliphatic rings. The van der Waals surface area contributed by atoms with Crippen molar-refractivity contribution in [2.24, 2.45) is 0 Å². The van der Waals surface area contributed by atoms with E-state index in [-0.39, 0.29) is 10.8 Å². The first-order valence-electron chi connectivity index (χ1n) is 4.62. The third-order valence-corrected chi connectivity index (χ3v) is 3.08. The van der Waals surface area contributed by atoms with Crippen LogP contribution >= 0.6 is 11.6 Å². The fourth-order valence-corrected chi connectivity index (χ4v) is 2.52. The second-order valence-corrected chi connectivity index (χ2v) is 6.11. The van der Waals surface area contributed by atoms with Crippen molar-refractivity contribution in [3.05, 3.63) is 23.4 Å². The van der Waals surface area contributed by atoms with Gasteiger partial charge >= 0.3 is 10.2 Å². The van der Waals surface area contributed by atoms with Crippen LogP contribution in [0.25, 0.3) is 0 Å². The van der Waals surface area contributed by atoms with E-state index in [0.29, 0.717) is 0 Å². The number of aromatic nitrogens is 1. The standard InChI is InChI=1S/C9H14ClN3O2S/c1-9(2,3)13-16(14,15)12-8-7(10)5-4-6-11-8/h4-6,13H,1-3H3,(H,11,12). The molecule has 0 bridgehead atoms. The summed E-state index contributed by atoms with van der Waals surface area (Å²) in [5, 5.41) is 0.252. The van der Waals surface area contributed by atoms with Gasteiger partial charge in [0.05, 0.1) is 5.02 Å². The molecule has 2 N–H and O–H groups in total. The second kappa shape index (κ2) is 4.57. The molecule has 1 heterocycles. The highest BCUT2D eigenvalue weighted by Crippen LogP contribution is 2.18. The van der Waals surface area contributed by atoms with Crippen molar-refractivity contribution in [1.29, 1.82) is 0 Å².